The van der Waals surface area contributed by atoms with Gasteiger partial charge >= 0.3 is 0 Å². The number of rotatable bonds is 4. The molecule has 7 rings (SSSR count). The van der Waals surface area contributed by atoms with E-state index in [1.54, 1.807) is 24.3 Å². The van der Waals surface area contributed by atoms with Gasteiger partial charge in [-0.05, 0) is 54.3 Å². The highest BCUT2D eigenvalue weighted by Crippen LogP contribution is 2.54. The molecule has 0 aromatic heterocycles. The summed E-state index contributed by atoms with van der Waals surface area (Å²) in [5.74, 6) is -2.70. The Labute approximate surface area is 229 Å². The normalized spacial score (nSPS) is 26.3. The van der Waals surface area contributed by atoms with Gasteiger partial charge in [-0.25, -0.2) is 4.90 Å². The van der Waals surface area contributed by atoms with Crippen LogP contribution in [0.2, 0.25) is 0 Å². The topological polar surface area (TPSA) is 137 Å². The monoisotopic (exact) mass is 541 g/mol. The molecule has 0 radical (unpaired) electrons. The molecule has 10 heteroatoms. The molecule has 2 fully saturated rings. The largest absolute Gasteiger partial charge is 0.504 e. The Morgan fingerprint density at radius 1 is 0.900 bits per heavy atom. The third kappa shape index (κ3) is 3.35. The third-order valence-corrected chi connectivity index (χ3v) is 8.47. The van der Waals surface area contributed by atoms with Crippen molar-refractivity contribution >= 4 is 29.1 Å². The van der Waals surface area contributed by atoms with Crippen LogP contribution in [0.5, 0.6) is 23.0 Å². The summed E-state index contributed by atoms with van der Waals surface area (Å²) in [5, 5.41) is 26.2. The molecule has 40 heavy (non-hydrogen) atoms. The maximum absolute atomic E-state index is 14.3. The molecular weight excluding hydrogens is 514 g/mol. The summed E-state index contributed by atoms with van der Waals surface area (Å²) in [6.45, 7) is 2.78. The number of phenolic OH excluding ortho intramolecular Hbond substituents is 2. The molecule has 4 heterocycles. The first kappa shape index (κ1) is 24.5. The highest BCUT2D eigenvalue weighted by molar-refractivity contribution is 6.26. The molecule has 10 nitrogen and oxygen atoms in total. The lowest BCUT2D eigenvalue weighted by atomic mass is 9.76. The molecule has 0 saturated carbocycles. The van der Waals surface area contributed by atoms with Crippen molar-refractivity contribution in [1.29, 1.82) is 0 Å². The van der Waals surface area contributed by atoms with Gasteiger partial charge in [0.1, 0.15) is 18.8 Å². The van der Waals surface area contributed by atoms with Gasteiger partial charge < -0.3 is 25.0 Å². The zero-order valence-corrected chi connectivity index (χ0v) is 21.6. The maximum Gasteiger partial charge on any atom is 0.250 e. The number of nitrogens with zero attached hydrogens (tertiary/aromatic N) is 1. The average molecular weight is 542 g/mol. The van der Waals surface area contributed by atoms with Gasteiger partial charge in [0.2, 0.25) is 17.7 Å². The first-order valence-corrected chi connectivity index (χ1v) is 13.3. The Kier molecular flexibility index (Phi) is 5.33. The first-order valence-electron chi connectivity index (χ1n) is 13.3. The minimum absolute atomic E-state index is 0.237. The fraction of sp³-hybridized carbons (Fsp3) is 0.300. The van der Waals surface area contributed by atoms with Gasteiger partial charge in [-0.1, -0.05) is 25.1 Å². The number of hydrogen-bond donors (Lipinski definition) is 4. The van der Waals surface area contributed by atoms with Gasteiger partial charge in [0.05, 0.1) is 17.5 Å². The molecule has 4 aliphatic heterocycles. The summed E-state index contributed by atoms with van der Waals surface area (Å²) in [4.78, 5) is 43.4. The predicted molar refractivity (Wildman–Crippen MR) is 143 cm³/mol. The summed E-state index contributed by atoms with van der Waals surface area (Å²) < 4.78 is 11.3. The Bertz CT molecular complexity index is 1600. The van der Waals surface area contributed by atoms with Crippen LogP contribution >= 0.6 is 0 Å². The van der Waals surface area contributed by atoms with E-state index in [0.29, 0.717) is 47.2 Å². The van der Waals surface area contributed by atoms with Crippen LogP contribution in [0.3, 0.4) is 0 Å². The van der Waals surface area contributed by atoms with Crippen molar-refractivity contribution in [1.82, 2.24) is 5.32 Å². The summed E-state index contributed by atoms with van der Waals surface area (Å²) in [5.41, 5.74) is 1.79. The van der Waals surface area contributed by atoms with E-state index in [9.17, 15) is 24.6 Å². The summed E-state index contributed by atoms with van der Waals surface area (Å²) >= 11 is 0. The minimum Gasteiger partial charge on any atom is -0.504 e. The quantitative estimate of drug-likeness (QED) is 0.292. The second-order valence-corrected chi connectivity index (χ2v) is 10.6. The Morgan fingerprint density at radius 2 is 1.68 bits per heavy atom. The molecule has 204 valence electrons. The highest BCUT2D eigenvalue weighted by Gasteiger charge is 2.70. The SMILES string of the molecule is CCc1ccc2c(c1)C1(NC(Cc3ccc(O)c(O)c3)[C@H]3C(=O)N(c4ccc5c(c4)OCCO5)C(=O)[C@H]31)C(=O)N2. The fourth-order valence-corrected chi connectivity index (χ4v) is 6.62. The van der Waals surface area contributed by atoms with Crippen LogP contribution in [-0.2, 0) is 32.8 Å². The number of carbonyl (C=O) groups excluding carboxylic acids is 3. The standard InChI is InChI=1S/C30H27N3O7/c1-2-15-3-6-19-18(11-15)30(29(38)31-19)26-25(20(32-30)12-16-4-7-21(34)22(35)13-16)27(36)33(28(26)37)17-5-8-23-24(14-17)40-10-9-39-23/h3-8,11,13-14,20,25-26,32,34-35H,2,9-10,12H2,1H3,(H,31,38)/t20?,25-,26+,30?/m1/s1. The van der Waals surface area contributed by atoms with Gasteiger partial charge in [0, 0.05) is 23.4 Å². The van der Waals surface area contributed by atoms with E-state index in [2.05, 4.69) is 10.6 Å². The van der Waals surface area contributed by atoms with E-state index in [-0.39, 0.29) is 23.8 Å². The Morgan fingerprint density at radius 3 is 2.45 bits per heavy atom. The number of hydrogen-bond acceptors (Lipinski definition) is 8. The molecule has 2 saturated heterocycles. The summed E-state index contributed by atoms with van der Waals surface area (Å²) in [6, 6.07) is 14.5. The van der Waals surface area contributed by atoms with E-state index < -0.39 is 35.2 Å². The van der Waals surface area contributed by atoms with E-state index >= 15 is 0 Å². The van der Waals surface area contributed by atoms with Crippen molar-refractivity contribution in [2.24, 2.45) is 11.8 Å². The van der Waals surface area contributed by atoms with Gasteiger partial charge in [0.25, 0.3) is 0 Å². The molecule has 4 atom stereocenters. The molecule has 2 unspecified atom stereocenters. The number of carbonyl (C=O) groups is 3. The van der Waals surface area contributed by atoms with Gasteiger partial charge in [-0.3, -0.25) is 19.7 Å². The number of phenols is 2. The number of ether oxygens (including phenoxy) is 2. The zero-order chi connectivity index (χ0) is 27.8. The van der Waals surface area contributed by atoms with E-state index in [1.165, 1.54) is 12.1 Å². The highest BCUT2D eigenvalue weighted by atomic mass is 16.6. The smallest absolute Gasteiger partial charge is 0.250 e. The van der Waals surface area contributed by atoms with Crippen molar-refractivity contribution in [2.75, 3.05) is 23.4 Å². The lowest BCUT2D eigenvalue weighted by molar-refractivity contribution is -0.130. The molecular formula is C30H27N3O7. The predicted octanol–water partition coefficient (Wildman–Crippen LogP) is 2.60. The van der Waals surface area contributed by atoms with Crippen LogP contribution in [0.25, 0.3) is 0 Å². The molecule has 3 aromatic carbocycles. The molecule has 0 aliphatic carbocycles. The van der Waals surface area contributed by atoms with E-state index in [1.807, 2.05) is 25.1 Å². The third-order valence-electron chi connectivity index (χ3n) is 8.47. The maximum atomic E-state index is 14.3. The molecule has 4 N–H and O–H groups in total. The number of nitrogens with one attached hydrogen (secondary N) is 2. The Hall–Kier alpha value is -4.57. The fourth-order valence-electron chi connectivity index (χ4n) is 6.62. The number of fused-ring (bicyclic) bond motifs is 5. The number of amides is 3. The van der Waals surface area contributed by atoms with Gasteiger partial charge in [-0.2, -0.15) is 0 Å². The lowest BCUT2D eigenvalue weighted by Crippen LogP contribution is -2.53. The number of imide groups is 1. The van der Waals surface area contributed by atoms with Crippen molar-refractivity contribution in [3.63, 3.8) is 0 Å². The van der Waals surface area contributed by atoms with Crippen molar-refractivity contribution < 1.29 is 34.1 Å². The number of benzene rings is 3. The summed E-state index contributed by atoms with van der Waals surface area (Å²) in [6.07, 6.45) is 0.971. The molecule has 1 spiro atoms. The molecule has 4 aliphatic rings. The van der Waals surface area contributed by atoms with Crippen LogP contribution in [0.15, 0.2) is 54.6 Å². The molecule has 3 aromatic rings. The van der Waals surface area contributed by atoms with Gasteiger partial charge in [0.15, 0.2) is 23.0 Å². The van der Waals surface area contributed by atoms with Crippen LogP contribution in [0.4, 0.5) is 11.4 Å². The first-order chi connectivity index (χ1) is 19.3. The van der Waals surface area contributed by atoms with Crippen LogP contribution in [0.1, 0.15) is 23.6 Å². The second-order valence-electron chi connectivity index (χ2n) is 10.6. The zero-order valence-electron chi connectivity index (χ0n) is 21.6. The van der Waals surface area contributed by atoms with E-state index in [4.69, 9.17) is 9.47 Å². The number of aromatic hydroxyl groups is 2. The second kappa shape index (κ2) is 8.72. The van der Waals surface area contributed by atoms with Crippen molar-refractivity contribution in [3.8, 4) is 23.0 Å². The van der Waals surface area contributed by atoms with Crippen molar-refractivity contribution in [2.45, 2.75) is 31.3 Å². The number of anilines is 2. The van der Waals surface area contributed by atoms with Crippen molar-refractivity contribution in [3.05, 3.63) is 71.3 Å². The minimum atomic E-state index is -1.45. The van der Waals surface area contributed by atoms with Gasteiger partial charge in [-0.15, -0.1) is 0 Å². The average Bonchev–Trinajstić information content (AvgIpc) is 3.54. The lowest BCUT2D eigenvalue weighted by Gasteiger charge is -2.30. The van der Waals surface area contributed by atoms with Crippen LogP contribution in [0, 0.1) is 11.8 Å². The molecule has 0 bridgehead atoms. The van der Waals surface area contributed by atoms with Crippen LogP contribution < -0.4 is 25.0 Å². The van der Waals surface area contributed by atoms with E-state index in [0.717, 1.165) is 16.9 Å². The Balaban J connectivity index is 1.36. The van der Waals surface area contributed by atoms with Crippen LogP contribution in [-0.4, -0.2) is 47.2 Å². The molecule has 3 amide bonds. The number of aryl methyl sites for hydroxylation is 1. The summed E-state index contributed by atoms with van der Waals surface area (Å²) in [7, 11) is 0.